The maximum atomic E-state index is 13.0. The van der Waals surface area contributed by atoms with Crippen LogP contribution < -0.4 is 10.6 Å². The standard InChI is InChI=1S/C21H36ClN3O4S/c1-12-17(26)18(27)19(29-21(12)30-4)16(13(2)22)25-20(28)15-8-7-14(9-11-24-15)6-5-10-23-3/h12-19,21,24,26-27H,5-11H2,1-2,4H3,(H,25,28)/t12-,13+,14+,15+,16-,17-,18-,19-,21-/m1/s1. The minimum absolute atomic E-state index is 0.154. The number of aliphatic hydroxyl groups excluding tert-OH is 2. The van der Waals surface area contributed by atoms with E-state index in [1.807, 2.05) is 13.2 Å². The van der Waals surface area contributed by atoms with Crippen molar-refractivity contribution in [1.29, 1.82) is 0 Å². The fraction of sp³-hybridized carbons (Fsp3) is 0.905. The number of nitrogens with one attached hydrogen (secondary N) is 2. The van der Waals surface area contributed by atoms with Crippen molar-refractivity contribution in [2.24, 2.45) is 11.8 Å². The molecule has 30 heavy (non-hydrogen) atoms. The van der Waals surface area contributed by atoms with Gasteiger partial charge in [-0.3, -0.25) is 4.79 Å². The zero-order chi connectivity index (χ0) is 22.3. The van der Waals surface area contributed by atoms with Crippen molar-refractivity contribution >= 4 is 29.3 Å². The number of carbonyl (C=O) groups excluding carboxylic acids is 1. The van der Waals surface area contributed by atoms with Gasteiger partial charge in [0.05, 0.1) is 23.6 Å². The Morgan fingerprint density at radius 2 is 2.10 bits per heavy atom. The lowest BCUT2D eigenvalue weighted by atomic mass is 9.89. The van der Waals surface area contributed by atoms with Gasteiger partial charge in [-0.25, -0.2) is 6.57 Å². The molecule has 0 saturated carbocycles. The van der Waals surface area contributed by atoms with Crippen LogP contribution in [0.25, 0.3) is 4.85 Å². The molecule has 0 aromatic carbocycles. The molecule has 1 amide bonds. The van der Waals surface area contributed by atoms with Crippen molar-refractivity contribution in [2.75, 3.05) is 19.3 Å². The molecule has 2 heterocycles. The second-order valence-corrected chi connectivity index (χ2v) is 10.1. The highest BCUT2D eigenvalue weighted by Gasteiger charge is 2.46. The fourth-order valence-electron chi connectivity index (χ4n) is 4.40. The van der Waals surface area contributed by atoms with Gasteiger partial charge in [0, 0.05) is 12.3 Å². The smallest absolute Gasteiger partial charge is 0.237 e. The van der Waals surface area contributed by atoms with Crippen LogP contribution in [-0.2, 0) is 9.53 Å². The molecule has 0 aliphatic carbocycles. The Bertz CT molecular complexity index is 589. The van der Waals surface area contributed by atoms with Crippen LogP contribution in [0.1, 0.15) is 46.0 Å². The summed E-state index contributed by atoms with van der Waals surface area (Å²) in [5.41, 5.74) is -0.282. The average Bonchev–Trinajstić information content (AvgIpc) is 2.97. The lowest BCUT2D eigenvalue weighted by molar-refractivity contribution is -0.181. The van der Waals surface area contributed by atoms with E-state index in [1.165, 1.54) is 11.8 Å². The first-order valence-electron chi connectivity index (χ1n) is 10.9. The summed E-state index contributed by atoms with van der Waals surface area (Å²) in [5, 5.41) is 26.9. The van der Waals surface area contributed by atoms with Crippen LogP contribution >= 0.6 is 23.4 Å². The van der Waals surface area contributed by atoms with Crippen molar-refractivity contribution in [3.8, 4) is 0 Å². The van der Waals surface area contributed by atoms with Gasteiger partial charge < -0.3 is 30.4 Å². The predicted octanol–water partition coefficient (Wildman–Crippen LogP) is 2.00. The Morgan fingerprint density at radius 1 is 1.37 bits per heavy atom. The van der Waals surface area contributed by atoms with Crippen molar-refractivity contribution < 1.29 is 19.7 Å². The molecule has 2 aliphatic rings. The highest BCUT2D eigenvalue weighted by atomic mass is 35.5. The summed E-state index contributed by atoms with van der Waals surface area (Å²) >= 11 is 7.86. The number of carbonyl (C=O) groups is 1. The number of alkyl halides is 1. The molecule has 0 spiro atoms. The first-order chi connectivity index (χ1) is 14.3. The summed E-state index contributed by atoms with van der Waals surface area (Å²) in [6.45, 7) is 11.8. The van der Waals surface area contributed by atoms with E-state index in [0.717, 1.165) is 38.6 Å². The molecule has 0 radical (unpaired) electrons. The first kappa shape index (κ1) is 25.7. The van der Waals surface area contributed by atoms with Gasteiger partial charge in [-0.05, 0) is 51.3 Å². The molecule has 0 aromatic rings. The number of ether oxygens (including phenoxy) is 1. The van der Waals surface area contributed by atoms with E-state index in [9.17, 15) is 15.0 Å². The molecule has 0 aromatic heterocycles. The third kappa shape index (κ3) is 6.72. The largest absolute Gasteiger partial charge is 0.390 e. The maximum absolute atomic E-state index is 13.0. The first-order valence-corrected chi connectivity index (χ1v) is 12.6. The van der Waals surface area contributed by atoms with Gasteiger partial charge in [-0.1, -0.05) is 6.92 Å². The molecule has 2 aliphatic heterocycles. The quantitative estimate of drug-likeness (QED) is 0.251. The monoisotopic (exact) mass is 461 g/mol. The zero-order valence-corrected chi connectivity index (χ0v) is 19.7. The molecular weight excluding hydrogens is 426 g/mol. The van der Waals surface area contributed by atoms with E-state index in [4.69, 9.17) is 22.9 Å². The molecule has 2 fully saturated rings. The Kier molecular flexibility index (Phi) is 10.7. The Morgan fingerprint density at radius 3 is 2.73 bits per heavy atom. The normalized spacial score (nSPS) is 36.9. The summed E-state index contributed by atoms with van der Waals surface area (Å²) in [5.74, 6) is 0.151. The van der Waals surface area contributed by atoms with Crippen LogP contribution in [0.2, 0.25) is 0 Å². The van der Waals surface area contributed by atoms with E-state index < -0.39 is 29.7 Å². The number of aliphatic hydroxyl groups is 2. The second-order valence-electron chi connectivity index (χ2n) is 8.52. The average molecular weight is 462 g/mol. The molecule has 2 saturated heterocycles. The van der Waals surface area contributed by atoms with Gasteiger partial charge in [0.2, 0.25) is 12.5 Å². The molecule has 2 rings (SSSR count). The number of hydrogen-bond acceptors (Lipinski definition) is 6. The van der Waals surface area contributed by atoms with E-state index in [1.54, 1.807) is 6.92 Å². The SMILES string of the molecule is [C-]#[N+]CCC[C@@H]1CCN[C@H](C(=O)N[C@@H]([C@H]2O[C@H](SC)[C@H](C)[C@@H](O)[C@H]2O)[C@H](C)Cl)CC1. The van der Waals surface area contributed by atoms with Crippen LogP contribution in [0.5, 0.6) is 0 Å². The second kappa shape index (κ2) is 12.5. The van der Waals surface area contributed by atoms with Crippen LogP contribution in [0.3, 0.4) is 0 Å². The van der Waals surface area contributed by atoms with Crippen LogP contribution in [0.4, 0.5) is 0 Å². The summed E-state index contributed by atoms with van der Waals surface area (Å²) < 4.78 is 6.05. The third-order valence-electron chi connectivity index (χ3n) is 6.34. The van der Waals surface area contributed by atoms with Gasteiger partial charge in [0.1, 0.15) is 17.6 Å². The molecule has 9 heteroatoms. The number of nitrogens with zero attached hydrogens (tertiary/aromatic N) is 1. The molecular formula is C21H36ClN3O4S. The highest BCUT2D eigenvalue weighted by molar-refractivity contribution is 7.99. The van der Waals surface area contributed by atoms with Gasteiger partial charge in [0.25, 0.3) is 0 Å². The minimum atomic E-state index is -1.12. The minimum Gasteiger partial charge on any atom is -0.390 e. The van der Waals surface area contributed by atoms with Crippen molar-refractivity contribution in [3.05, 3.63) is 11.4 Å². The summed E-state index contributed by atoms with van der Waals surface area (Å²) in [6.07, 6.45) is 3.64. The van der Waals surface area contributed by atoms with E-state index in [2.05, 4.69) is 15.5 Å². The van der Waals surface area contributed by atoms with Crippen molar-refractivity contribution in [3.63, 3.8) is 0 Å². The van der Waals surface area contributed by atoms with Crippen LogP contribution in [0, 0.1) is 18.4 Å². The van der Waals surface area contributed by atoms with Crippen molar-refractivity contribution in [1.82, 2.24) is 10.6 Å². The fourth-order valence-corrected chi connectivity index (χ4v) is 5.43. The lowest BCUT2D eigenvalue weighted by Gasteiger charge is -2.44. The number of rotatable bonds is 8. The van der Waals surface area contributed by atoms with Crippen LogP contribution in [-0.4, -0.2) is 76.7 Å². The number of halogens is 1. The molecule has 172 valence electrons. The molecule has 0 unspecified atom stereocenters. The predicted molar refractivity (Wildman–Crippen MR) is 120 cm³/mol. The Balaban J connectivity index is 1.99. The van der Waals surface area contributed by atoms with E-state index in [0.29, 0.717) is 12.5 Å². The number of hydrogen-bond donors (Lipinski definition) is 4. The van der Waals surface area contributed by atoms with Gasteiger partial charge >= 0.3 is 0 Å². The highest BCUT2D eigenvalue weighted by Crippen LogP contribution is 2.34. The maximum Gasteiger partial charge on any atom is 0.237 e. The molecule has 9 atom stereocenters. The summed E-state index contributed by atoms with van der Waals surface area (Å²) in [7, 11) is 0. The van der Waals surface area contributed by atoms with E-state index >= 15 is 0 Å². The number of amides is 1. The molecule has 4 N–H and O–H groups in total. The summed E-state index contributed by atoms with van der Waals surface area (Å²) in [6, 6.07) is -0.944. The third-order valence-corrected chi connectivity index (χ3v) is 7.62. The molecule has 7 nitrogen and oxygen atoms in total. The van der Waals surface area contributed by atoms with Crippen molar-refractivity contribution in [2.45, 2.75) is 87.2 Å². The van der Waals surface area contributed by atoms with Gasteiger partial charge in [0.15, 0.2) is 0 Å². The van der Waals surface area contributed by atoms with E-state index in [-0.39, 0.29) is 23.3 Å². The molecule has 0 bridgehead atoms. The lowest BCUT2D eigenvalue weighted by Crippen LogP contribution is -2.63. The topological polar surface area (TPSA) is 95.2 Å². The van der Waals surface area contributed by atoms with Gasteiger partial charge in [-0.2, -0.15) is 0 Å². The van der Waals surface area contributed by atoms with Gasteiger partial charge in [-0.15, -0.1) is 23.4 Å². The Hall–Kier alpha value is -0.560. The Labute approximate surface area is 189 Å². The summed E-state index contributed by atoms with van der Waals surface area (Å²) in [4.78, 5) is 16.4. The zero-order valence-electron chi connectivity index (χ0n) is 18.1. The van der Waals surface area contributed by atoms with Crippen LogP contribution in [0.15, 0.2) is 0 Å². The number of thioether (sulfide) groups is 1.